The fraction of sp³-hybridized carbons (Fsp3) is 0.364. The Labute approximate surface area is 105 Å². The van der Waals surface area contributed by atoms with Crippen LogP contribution in [0.15, 0.2) is 23.1 Å². The third-order valence-corrected chi connectivity index (χ3v) is 2.73. The maximum atomic E-state index is 13.2. The molecule has 18 heavy (non-hydrogen) atoms. The second-order valence-electron chi connectivity index (χ2n) is 4.72. The van der Waals surface area contributed by atoms with Crippen LogP contribution in [0.2, 0.25) is 0 Å². The average molecular weight is 275 g/mol. The van der Waals surface area contributed by atoms with Crippen molar-refractivity contribution in [3.05, 3.63) is 29.6 Å². The molecular formula is C11H14FNO4S. The first kappa shape index (κ1) is 14.6. The molecule has 0 amide bonds. The number of carbonyl (C=O) groups excluding carboxylic acids is 1. The van der Waals surface area contributed by atoms with Crippen molar-refractivity contribution in [2.75, 3.05) is 0 Å². The molecule has 5 nitrogen and oxygen atoms in total. The van der Waals surface area contributed by atoms with Gasteiger partial charge in [-0.2, -0.15) is 0 Å². The number of nitrogens with two attached hydrogens (primary N) is 1. The molecule has 0 heterocycles. The molecule has 0 aliphatic rings. The first-order valence-corrected chi connectivity index (χ1v) is 6.60. The lowest BCUT2D eigenvalue weighted by atomic mass is 10.1. The highest BCUT2D eigenvalue weighted by atomic mass is 32.2. The van der Waals surface area contributed by atoms with Crippen LogP contribution in [0, 0.1) is 5.82 Å². The minimum absolute atomic E-state index is 0.200. The van der Waals surface area contributed by atoms with E-state index >= 15 is 0 Å². The molecule has 0 aliphatic heterocycles. The van der Waals surface area contributed by atoms with Crippen molar-refractivity contribution < 1.29 is 22.3 Å². The van der Waals surface area contributed by atoms with Gasteiger partial charge in [0.25, 0.3) is 0 Å². The van der Waals surface area contributed by atoms with Crippen molar-refractivity contribution in [1.82, 2.24) is 0 Å². The highest BCUT2D eigenvalue weighted by Gasteiger charge is 2.20. The van der Waals surface area contributed by atoms with E-state index in [4.69, 9.17) is 9.88 Å². The molecule has 0 saturated heterocycles. The largest absolute Gasteiger partial charge is 0.456 e. The van der Waals surface area contributed by atoms with Crippen LogP contribution >= 0.6 is 0 Å². The van der Waals surface area contributed by atoms with Gasteiger partial charge in [0, 0.05) is 0 Å². The predicted molar refractivity (Wildman–Crippen MR) is 62.9 cm³/mol. The molecule has 0 bridgehead atoms. The summed E-state index contributed by atoms with van der Waals surface area (Å²) in [5.41, 5.74) is -0.959. The average Bonchev–Trinajstić information content (AvgIpc) is 2.12. The maximum absolute atomic E-state index is 13.2. The van der Waals surface area contributed by atoms with Gasteiger partial charge in [0.05, 0.1) is 10.5 Å². The van der Waals surface area contributed by atoms with Gasteiger partial charge in [-0.15, -0.1) is 0 Å². The minimum atomic E-state index is -4.07. The number of benzene rings is 1. The van der Waals surface area contributed by atoms with E-state index in [1.807, 2.05) is 0 Å². The maximum Gasteiger partial charge on any atom is 0.338 e. The first-order valence-electron chi connectivity index (χ1n) is 5.06. The Balaban J connectivity index is 3.19. The third kappa shape index (κ3) is 4.08. The van der Waals surface area contributed by atoms with Crippen LogP contribution in [0.5, 0.6) is 0 Å². The molecule has 1 aromatic carbocycles. The monoisotopic (exact) mass is 275 g/mol. The SMILES string of the molecule is CC(C)(C)OC(=O)c1cc(F)cc(S(N)(=O)=O)c1. The van der Waals surface area contributed by atoms with Crippen molar-refractivity contribution in [3.8, 4) is 0 Å². The second kappa shape index (κ2) is 4.66. The van der Waals surface area contributed by atoms with Crippen LogP contribution in [0.3, 0.4) is 0 Å². The summed E-state index contributed by atoms with van der Waals surface area (Å²) < 4.78 is 40.4. The Bertz CT molecular complexity index is 575. The lowest BCUT2D eigenvalue weighted by molar-refractivity contribution is 0.00687. The summed E-state index contributed by atoms with van der Waals surface area (Å²) in [6, 6.07) is 2.61. The van der Waals surface area contributed by atoms with Crippen molar-refractivity contribution in [3.63, 3.8) is 0 Å². The highest BCUT2D eigenvalue weighted by Crippen LogP contribution is 2.17. The summed E-state index contributed by atoms with van der Waals surface area (Å²) >= 11 is 0. The van der Waals surface area contributed by atoms with Gasteiger partial charge in [-0.25, -0.2) is 22.7 Å². The Hall–Kier alpha value is -1.47. The molecule has 0 atom stereocenters. The van der Waals surface area contributed by atoms with Crippen LogP contribution in [0.25, 0.3) is 0 Å². The zero-order valence-electron chi connectivity index (χ0n) is 10.2. The number of ether oxygens (including phenoxy) is 1. The van der Waals surface area contributed by atoms with Crippen molar-refractivity contribution in [2.45, 2.75) is 31.3 Å². The van der Waals surface area contributed by atoms with Crippen molar-refractivity contribution in [2.24, 2.45) is 5.14 Å². The van der Waals surface area contributed by atoms with Gasteiger partial charge in [0.1, 0.15) is 11.4 Å². The smallest absolute Gasteiger partial charge is 0.338 e. The highest BCUT2D eigenvalue weighted by molar-refractivity contribution is 7.89. The van der Waals surface area contributed by atoms with Crippen LogP contribution in [0.1, 0.15) is 31.1 Å². The molecule has 0 fully saturated rings. The molecule has 0 spiro atoms. The zero-order chi connectivity index (χ0) is 14.1. The number of sulfonamides is 1. The molecule has 0 aromatic heterocycles. The Kier molecular flexibility index (Phi) is 3.78. The van der Waals surface area contributed by atoms with Crippen LogP contribution in [-0.2, 0) is 14.8 Å². The summed E-state index contributed by atoms with van der Waals surface area (Å²) in [6.07, 6.45) is 0. The Morgan fingerprint density at radius 1 is 1.28 bits per heavy atom. The van der Waals surface area contributed by atoms with E-state index in [1.54, 1.807) is 20.8 Å². The summed E-state index contributed by atoms with van der Waals surface area (Å²) in [5, 5.41) is 4.88. The molecule has 1 rings (SSSR count). The number of hydrogen-bond acceptors (Lipinski definition) is 4. The lowest BCUT2D eigenvalue weighted by Crippen LogP contribution is -2.24. The quantitative estimate of drug-likeness (QED) is 0.827. The Morgan fingerprint density at radius 2 is 1.83 bits per heavy atom. The predicted octanol–water partition coefficient (Wildman–Crippen LogP) is 1.43. The molecule has 0 radical (unpaired) electrons. The molecule has 0 saturated carbocycles. The van der Waals surface area contributed by atoms with E-state index in [-0.39, 0.29) is 5.56 Å². The number of hydrogen-bond donors (Lipinski definition) is 1. The van der Waals surface area contributed by atoms with Crippen LogP contribution < -0.4 is 5.14 Å². The van der Waals surface area contributed by atoms with Gasteiger partial charge < -0.3 is 4.74 Å². The zero-order valence-corrected chi connectivity index (χ0v) is 11.0. The Morgan fingerprint density at radius 3 is 2.28 bits per heavy atom. The molecule has 2 N–H and O–H groups in total. The van der Waals surface area contributed by atoms with Gasteiger partial charge in [-0.3, -0.25) is 0 Å². The number of halogens is 1. The second-order valence-corrected chi connectivity index (χ2v) is 6.28. The number of primary sulfonamides is 1. The molecule has 0 unspecified atom stereocenters. The molecule has 1 aromatic rings. The molecule has 7 heteroatoms. The van der Waals surface area contributed by atoms with Crippen molar-refractivity contribution in [1.29, 1.82) is 0 Å². The number of carbonyl (C=O) groups is 1. The summed E-state index contributed by atoms with van der Waals surface area (Å²) in [7, 11) is -4.07. The van der Waals surface area contributed by atoms with Crippen molar-refractivity contribution >= 4 is 16.0 Å². The number of esters is 1. The molecule has 100 valence electrons. The van der Waals surface area contributed by atoms with E-state index in [2.05, 4.69) is 0 Å². The van der Waals surface area contributed by atoms with Crippen LogP contribution in [0.4, 0.5) is 4.39 Å². The minimum Gasteiger partial charge on any atom is -0.456 e. The van der Waals surface area contributed by atoms with Gasteiger partial charge in [-0.1, -0.05) is 0 Å². The van der Waals surface area contributed by atoms with E-state index in [1.165, 1.54) is 0 Å². The van der Waals surface area contributed by atoms with E-state index in [0.29, 0.717) is 0 Å². The van der Waals surface area contributed by atoms with Gasteiger partial charge >= 0.3 is 5.97 Å². The first-order chi connectivity index (χ1) is 7.99. The fourth-order valence-corrected chi connectivity index (χ4v) is 1.75. The summed E-state index contributed by atoms with van der Waals surface area (Å²) in [4.78, 5) is 11.2. The molecular weight excluding hydrogens is 261 g/mol. The summed E-state index contributed by atoms with van der Waals surface area (Å²) in [6.45, 7) is 4.93. The third-order valence-electron chi connectivity index (χ3n) is 1.83. The van der Waals surface area contributed by atoms with E-state index < -0.39 is 32.3 Å². The normalized spacial score (nSPS) is 12.3. The summed E-state index contributed by atoms with van der Waals surface area (Å²) in [5.74, 6) is -1.69. The number of rotatable bonds is 2. The van der Waals surface area contributed by atoms with E-state index in [9.17, 15) is 17.6 Å². The topological polar surface area (TPSA) is 86.5 Å². The standard InChI is InChI=1S/C11H14FNO4S/c1-11(2,3)17-10(14)7-4-8(12)6-9(5-7)18(13,15)16/h4-6H,1-3H3,(H2,13,15,16). The van der Waals surface area contributed by atoms with Gasteiger partial charge in [0.15, 0.2) is 0 Å². The lowest BCUT2D eigenvalue weighted by Gasteiger charge is -2.19. The molecule has 0 aliphatic carbocycles. The fourth-order valence-electron chi connectivity index (χ4n) is 1.18. The van der Waals surface area contributed by atoms with Gasteiger partial charge in [0.2, 0.25) is 10.0 Å². The van der Waals surface area contributed by atoms with E-state index in [0.717, 1.165) is 18.2 Å². The van der Waals surface area contributed by atoms with Gasteiger partial charge in [-0.05, 0) is 39.0 Å². The van der Waals surface area contributed by atoms with Crippen LogP contribution in [-0.4, -0.2) is 20.0 Å².